The summed E-state index contributed by atoms with van der Waals surface area (Å²) in [6, 6.07) is 12.6. The Labute approximate surface area is 94.0 Å². The molecule has 0 spiro atoms. The first-order valence-electron chi connectivity index (χ1n) is 4.92. The zero-order valence-corrected chi connectivity index (χ0v) is 9.47. The van der Waals surface area contributed by atoms with Crippen LogP contribution in [0.25, 0.3) is 0 Å². The van der Waals surface area contributed by atoms with E-state index in [0.29, 0.717) is 0 Å². The van der Waals surface area contributed by atoms with Crippen molar-refractivity contribution in [1.29, 1.82) is 0 Å². The Bertz CT molecular complexity index is 409. The monoisotopic (exact) mass is 218 g/mol. The average Bonchev–Trinajstić information content (AvgIpc) is 2.79. The van der Waals surface area contributed by atoms with Gasteiger partial charge in [0.25, 0.3) is 0 Å². The van der Waals surface area contributed by atoms with Gasteiger partial charge in [0.15, 0.2) is 0 Å². The van der Waals surface area contributed by atoms with Gasteiger partial charge in [0.05, 0.1) is 5.00 Å². The second-order valence-electron chi connectivity index (χ2n) is 3.28. The van der Waals surface area contributed by atoms with Crippen molar-refractivity contribution >= 4 is 22.0 Å². The fourth-order valence-electron chi connectivity index (χ4n) is 1.41. The highest BCUT2D eigenvalue weighted by Gasteiger charge is 1.95. The SMILES string of the molecule is CNc1cccc(CNc2cccs2)c1. The molecule has 2 rings (SSSR count). The molecule has 0 aliphatic heterocycles. The van der Waals surface area contributed by atoms with Crippen molar-refractivity contribution in [2.24, 2.45) is 0 Å². The lowest BCUT2D eigenvalue weighted by molar-refractivity contribution is 1.16. The van der Waals surface area contributed by atoms with Gasteiger partial charge in [0.2, 0.25) is 0 Å². The molecule has 1 aromatic carbocycles. The van der Waals surface area contributed by atoms with Crippen LogP contribution in [0.2, 0.25) is 0 Å². The maximum Gasteiger partial charge on any atom is 0.0885 e. The largest absolute Gasteiger partial charge is 0.388 e. The van der Waals surface area contributed by atoms with Gasteiger partial charge in [-0.05, 0) is 35.2 Å². The molecule has 0 aliphatic carbocycles. The van der Waals surface area contributed by atoms with Crippen LogP contribution < -0.4 is 10.6 Å². The first kappa shape index (κ1) is 10.1. The summed E-state index contributed by atoms with van der Waals surface area (Å²) in [5, 5.41) is 9.81. The van der Waals surface area contributed by atoms with Crippen molar-refractivity contribution in [2.45, 2.75) is 6.54 Å². The smallest absolute Gasteiger partial charge is 0.0885 e. The van der Waals surface area contributed by atoms with Gasteiger partial charge in [-0.3, -0.25) is 0 Å². The number of benzene rings is 1. The van der Waals surface area contributed by atoms with Crippen LogP contribution in [0.5, 0.6) is 0 Å². The van der Waals surface area contributed by atoms with Gasteiger partial charge >= 0.3 is 0 Å². The Morgan fingerprint density at radius 3 is 2.87 bits per heavy atom. The van der Waals surface area contributed by atoms with E-state index in [1.807, 2.05) is 7.05 Å². The van der Waals surface area contributed by atoms with Crippen LogP contribution in [0, 0.1) is 0 Å². The van der Waals surface area contributed by atoms with Crippen molar-refractivity contribution < 1.29 is 0 Å². The summed E-state index contributed by atoms with van der Waals surface area (Å²) in [6.07, 6.45) is 0. The standard InChI is InChI=1S/C12H14N2S/c1-13-11-5-2-4-10(8-11)9-14-12-6-3-7-15-12/h2-8,13-14H,9H2,1H3. The third kappa shape index (κ3) is 2.73. The van der Waals surface area contributed by atoms with Crippen LogP contribution in [0.3, 0.4) is 0 Å². The van der Waals surface area contributed by atoms with E-state index in [0.717, 1.165) is 12.2 Å². The minimum absolute atomic E-state index is 0.871. The molecule has 0 unspecified atom stereocenters. The first-order valence-corrected chi connectivity index (χ1v) is 5.80. The normalized spacial score (nSPS) is 9.93. The molecule has 1 heterocycles. The lowest BCUT2D eigenvalue weighted by atomic mass is 10.2. The zero-order valence-electron chi connectivity index (χ0n) is 8.66. The second-order valence-corrected chi connectivity index (χ2v) is 4.23. The maximum absolute atomic E-state index is 3.38. The fraction of sp³-hybridized carbons (Fsp3) is 0.167. The second kappa shape index (κ2) is 4.84. The van der Waals surface area contributed by atoms with Gasteiger partial charge in [-0.15, -0.1) is 11.3 Å². The highest BCUT2D eigenvalue weighted by atomic mass is 32.1. The third-order valence-corrected chi connectivity index (χ3v) is 3.03. The molecule has 2 N–H and O–H groups in total. The minimum atomic E-state index is 0.871. The average molecular weight is 218 g/mol. The van der Waals surface area contributed by atoms with Crippen molar-refractivity contribution in [1.82, 2.24) is 0 Å². The summed E-state index contributed by atoms with van der Waals surface area (Å²) in [7, 11) is 1.94. The Kier molecular flexibility index (Phi) is 3.25. The van der Waals surface area contributed by atoms with Gasteiger partial charge in [0, 0.05) is 19.3 Å². The summed E-state index contributed by atoms with van der Waals surface area (Å²) in [5.41, 5.74) is 2.44. The lowest BCUT2D eigenvalue weighted by Crippen LogP contribution is -1.98. The van der Waals surface area contributed by atoms with E-state index in [-0.39, 0.29) is 0 Å². The van der Waals surface area contributed by atoms with Crippen molar-refractivity contribution in [3.8, 4) is 0 Å². The summed E-state index contributed by atoms with van der Waals surface area (Å²) < 4.78 is 0. The third-order valence-electron chi connectivity index (χ3n) is 2.20. The molecule has 0 saturated heterocycles. The van der Waals surface area contributed by atoms with Crippen molar-refractivity contribution in [3.05, 3.63) is 47.3 Å². The van der Waals surface area contributed by atoms with Gasteiger partial charge in [-0.2, -0.15) is 0 Å². The topological polar surface area (TPSA) is 24.1 Å². The minimum Gasteiger partial charge on any atom is -0.388 e. The van der Waals surface area contributed by atoms with E-state index >= 15 is 0 Å². The van der Waals surface area contributed by atoms with Crippen molar-refractivity contribution in [2.75, 3.05) is 17.7 Å². The Morgan fingerprint density at radius 2 is 2.13 bits per heavy atom. The molecule has 0 saturated carbocycles. The van der Waals surface area contributed by atoms with Crippen LogP contribution in [0.4, 0.5) is 10.7 Å². The number of hydrogen-bond donors (Lipinski definition) is 2. The Balaban J connectivity index is 1.98. The van der Waals surface area contributed by atoms with Gasteiger partial charge in [-0.25, -0.2) is 0 Å². The quantitative estimate of drug-likeness (QED) is 0.822. The van der Waals surface area contributed by atoms with Crippen LogP contribution in [-0.2, 0) is 6.54 Å². The number of anilines is 2. The maximum atomic E-state index is 3.38. The molecule has 78 valence electrons. The van der Waals surface area contributed by atoms with Crippen LogP contribution in [-0.4, -0.2) is 7.05 Å². The molecule has 0 aliphatic rings. The van der Waals surface area contributed by atoms with Crippen molar-refractivity contribution in [3.63, 3.8) is 0 Å². The van der Waals surface area contributed by atoms with Gasteiger partial charge in [-0.1, -0.05) is 12.1 Å². The first-order chi connectivity index (χ1) is 7.38. The predicted molar refractivity (Wildman–Crippen MR) is 67.6 cm³/mol. The highest BCUT2D eigenvalue weighted by molar-refractivity contribution is 7.14. The van der Waals surface area contributed by atoms with E-state index in [1.54, 1.807) is 11.3 Å². The van der Waals surface area contributed by atoms with Crippen LogP contribution >= 0.6 is 11.3 Å². The highest BCUT2D eigenvalue weighted by Crippen LogP contribution is 2.17. The number of rotatable bonds is 4. The van der Waals surface area contributed by atoms with Crippen LogP contribution in [0.1, 0.15) is 5.56 Å². The molecule has 0 bridgehead atoms. The number of thiophene rings is 1. The van der Waals surface area contributed by atoms with E-state index in [4.69, 9.17) is 0 Å². The number of hydrogen-bond acceptors (Lipinski definition) is 3. The summed E-state index contributed by atoms with van der Waals surface area (Å²) in [5.74, 6) is 0. The number of nitrogens with one attached hydrogen (secondary N) is 2. The summed E-state index contributed by atoms with van der Waals surface area (Å²) >= 11 is 1.73. The van der Waals surface area contributed by atoms with E-state index in [1.165, 1.54) is 10.6 Å². The molecule has 2 aromatic rings. The molecule has 3 heteroatoms. The van der Waals surface area contributed by atoms with E-state index < -0.39 is 0 Å². The van der Waals surface area contributed by atoms with E-state index in [9.17, 15) is 0 Å². The Hall–Kier alpha value is -1.48. The zero-order chi connectivity index (χ0) is 10.5. The molecule has 0 amide bonds. The van der Waals surface area contributed by atoms with E-state index in [2.05, 4.69) is 52.4 Å². The van der Waals surface area contributed by atoms with Crippen LogP contribution in [0.15, 0.2) is 41.8 Å². The van der Waals surface area contributed by atoms with Gasteiger partial charge < -0.3 is 10.6 Å². The molecule has 0 fully saturated rings. The lowest BCUT2D eigenvalue weighted by Gasteiger charge is -2.06. The molecular weight excluding hydrogens is 204 g/mol. The molecule has 0 radical (unpaired) electrons. The molecular formula is C12H14N2S. The molecule has 2 nitrogen and oxygen atoms in total. The predicted octanol–water partition coefficient (Wildman–Crippen LogP) is 3.40. The molecule has 15 heavy (non-hydrogen) atoms. The molecule has 1 aromatic heterocycles. The summed E-state index contributed by atoms with van der Waals surface area (Å²) in [6.45, 7) is 0.871. The Morgan fingerprint density at radius 1 is 1.20 bits per heavy atom. The fourth-order valence-corrected chi connectivity index (χ4v) is 2.02. The summed E-state index contributed by atoms with van der Waals surface area (Å²) in [4.78, 5) is 0. The molecule has 0 atom stereocenters. The van der Waals surface area contributed by atoms with Gasteiger partial charge in [0.1, 0.15) is 0 Å².